The third kappa shape index (κ3) is 10.6. The molecule has 13 aromatic rings. The predicted molar refractivity (Wildman–Crippen MR) is 463 cm³/mol. The van der Waals surface area contributed by atoms with Gasteiger partial charge in [-0.15, -0.1) is 0 Å². The molecule has 0 spiro atoms. The Labute approximate surface area is 633 Å². The van der Waals surface area contributed by atoms with Crippen LogP contribution in [0.3, 0.4) is 0 Å². The first-order valence-corrected chi connectivity index (χ1v) is 39.3. The molecule has 0 atom stereocenters. The number of fused-ring (bicyclic) bond motifs is 14. The summed E-state index contributed by atoms with van der Waals surface area (Å²) in [5, 5.41) is 5.34. The van der Waals surface area contributed by atoms with Crippen LogP contribution in [0.4, 0.5) is 34.1 Å². The predicted octanol–water partition coefficient (Wildman–Crippen LogP) is 25.1. The lowest BCUT2D eigenvalue weighted by atomic mass is 9.44. The fourth-order valence-electron chi connectivity index (χ4n) is 18.5. The molecule has 4 nitrogen and oxygen atoms in total. The fourth-order valence-corrected chi connectivity index (χ4v) is 18.5. The van der Waals surface area contributed by atoms with Gasteiger partial charge in [-0.2, -0.15) is 0 Å². The number of benzene rings is 11. The highest BCUT2D eigenvalue weighted by molar-refractivity contribution is 6.91. The molecule has 6 heteroatoms. The Morgan fingerprint density at radius 2 is 0.528 bits per heavy atom. The Bertz CT molecular complexity index is 5540. The van der Waals surface area contributed by atoms with Crippen LogP contribution < -0.4 is 31.7 Å². The molecule has 0 N–H and O–H groups in total. The van der Waals surface area contributed by atoms with Crippen LogP contribution in [-0.2, 0) is 43.3 Å². The summed E-state index contributed by atoms with van der Waals surface area (Å²) in [6.45, 7) is 61.4. The fraction of sp³-hybridized carbons (Fsp3) is 0.340. The van der Waals surface area contributed by atoms with Gasteiger partial charge in [0, 0.05) is 88.9 Å². The zero-order valence-electron chi connectivity index (χ0n) is 68.3. The van der Waals surface area contributed by atoms with E-state index in [1.54, 1.807) is 0 Å². The molecule has 4 aliphatic rings. The number of rotatable bonds is 4. The van der Waals surface area contributed by atoms with Gasteiger partial charge in [0.25, 0.3) is 0 Å². The number of nitrogens with zero attached hydrogens (tertiary/aromatic N) is 4. The summed E-state index contributed by atoms with van der Waals surface area (Å²) in [6.07, 6.45) is 0. The molecule has 106 heavy (non-hydrogen) atoms. The summed E-state index contributed by atoms with van der Waals surface area (Å²) in [5.41, 5.74) is 41.1. The van der Waals surface area contributed by atoms with Crippen LogP contribution in [-0.4, -0.2) is 22.7 Å². The Morgan fingerprint density at radius 1 is 0.245 bits per heavy atom. The van der Waals surface area contributed by atoms with E-state index in [2.05, 4.69) is 381 Å². The van der Waals surface area contributed by atoms with Crippen molar-refractivity contribution in [3.05, 3.63) is 238 Å². The van der Waals surface area contributed by atoms with Crippen molar-refractivity contribution < 1.29 is 0 Å². The van der Waals surface area contributed by atoms with E-state index < -0.39 is 0 Å². The number of hydrogen-bond acceptors (Lipinski definition) is 2. The minimum absolute atomic E-state index is 0.00569. The molecule has 0 bridgehead atoms. The van der Waals surface area contributed by atoms with Gasteiger partial charge in [0.1, 0.15) is 0 Å². The summed E-state index contributed by atoms with van der Waals surface area (Å²) >= 11 is 0. The first-order valence-electron chi connectivity index (χ1n) is 39.3. The maximum Gasteiger partial charge on any atom is 0.333 e. The third-order valence-corrected chi connectivity index (χ3v) is 24.9. The SMILES string of the molecule is Cc1c(-c2ccc(-c3cc4c5c(c3C)-c3cc(C(C)(C)C)cc6c7cc(C(C)(C)C)ccc7n(c36)B5c3cc(C(C)(C)C)ccc3N4c3ccc(C(C)(C)C)cc3)cc2)cc2c3c1-c1cc(C(C)(C)C)cc4c5cc(C(C)(C)C)ccc5n(c14)B3c1cc(C(C)(C)C)ccc1N2c1ccc(C(C)(C)C)cc1. The van der Waals surface area contributed by atoms with Crippen LogP contribution in [0.1, 0.15) is 222 Å². The lowest BCUT2D eigenvalue weighted by molar-refractivity contribution is 0.590. The van der Waals surface area contributed by atoms with Gasteiger partial charge < -0.3 is 18.8 Å². The summed E-state index contributed by atoms with van der Waals surface area (Å²) in [4.78, 5) is 5.27. The van der Waals surface area contributed by atoms with Crippen LogP contribution in [0.25, 0.3) is 88.1 Å². The number of aromatic nitrogens is 2. The lowest BCUT2D eigenvalue weighted by Gasteiger charge is -2.42. The quantitative estimate of drug-likeness (QED) is 0.163. The number of hydrogen-bond donors (Lipinski definition) is 0. The van der Waals surface area contributed by atoms with Crippen molar-refractivity contribution >= 4 is 113 Å². The van der Waals surface area contributed by atoms with Crippen LogP contribution in [0, 0.1) is 13.8 Å². The van der Waals surface area contributed by atoms with Crippen molar-refractivity contribution in [3.63, 3.8) is 0 Å². The first-order chi connectivity index (χ1) is 49.5. The summed E-state index contributed by atoms with van der Waals surface area (Å²) < 4.78 is 5.55. The van der Waals surface area contributed by atoms with E-state index in [1.807, 2.05) is 0 Å². The molecule has 4 aliphatic heterocycles. The van der Waals surface area contributed by atoms with Crippen LogP contribution in [0.5, 0.6) is 0 Å². The Balaban J connectivity index is 0.945. The maximum atomic E-state index is 2.77. The summed E-state index contributed by atoms with van der Waals surface area (Å²) in [5.74, 6) is 0. The third-order valence-electron chi connectivity index (χ3n) is 24.9. The molecular weight excluding hydrogens is 1280 g/mol. The normalized spacial score (nSPS) is 14.4. The molecule has 0 unspecified atom stereocenters. The summed E-state index contributed by atoms with van der Waals surface area (Å²) in [7, 11) is 0. The molecule has 11 aromatic carbocycles. The van der Waals surface area contributed by atoms with Gasteiger partial charge in [0.15, 0.2) is 0 Å². The van der Waals surface area contributed by atoms with E-state index in [-0.39, 0.29) is 57.0 Å². The maximum absolute atomic E-state index is 2.77. The first kappa shape index (κ1) is 69.8. The van der Waals surface area contributed by atoms with Gasteiger partial charge in [-0.3, -0.25) is 0 Å². The monoisotopic (exact) mass is 1390 g/mol. The van der Waals surface area contributed by atoms with E-state index in [1.165, 1.54) is 200 Å². The van der Waals surface area contributed by atoms with Gasteiger partial charge in [0.2, 0.25) is 0 Å². The minimum Gasteiger partial charge on any atom is -0.375 e. The molecular formula is C100H108B2N4. The molecule has 17 rings (SSSR count). The minimum atomic E-state index is -0.120. The van der Waals surface area contributed by atoms with Crippen molar-refractivity contribution in [1.29, 1.82) is 0 Å². The molecule has 0 radical (unpaired) electrons. The van der Waals surface area contributed by atoms with E-state index in [4.69, 9.17) is 0 Å². The zero-order valence-corrected chi connectivity index (χ0v) is 68.3. The lowest BCUT2D eigenvalue weighted by Crippen LogP contribution is -2.57. The van der Waals surface area contributed by atoms with Crippen molar-refractivity contribution in [3.8, 4) is 44.5 Å². The average molecular weight is 1390 g/mol. The average Bonchev–Trinajstić information content (AvgIpc) is 1.37. The molecule has 2 aromatic heterocycles. The van der Waals surface area contributed by atoms with Gasteiger partial charge in [0.05, 0.1) is 0 Å². The highest BCUT2D eigenvalue weighted by atomic mass is 15.2. The van der Waals surface area contributed by atoms with Crippen LogP contribution in [0.2, 0.25) is 0 Å². The van der Waals surface area contributed by atoms with E-state index in [0.29, 0.717) is 0 Å². The van der Waals surface area contributed by atoms with Gasteiger partial charge in [-0.05, 0) is 265 Å². The topological polar surface area (TPSA) is 16.3 Å². The van der Waals surface area contributed by atoms with Gasteiger partial charge in [-0.25, -0.2) is 0 Å². The van der Waals surface area contributed by atoms with E-state index in [9.17, 15) is 0 Å². The molecule has 0 saturated carbocycles. The second-order valence-electron chi connectivity index (χ2n) is 40.5. The Kier molecular flexibility index (Phi) is 14.9. The molecule has 0 aliphatic carbocycles. The smallest absolute Gasteiger partial charge is 0.333 e. The van der Waals surface area contributed by atoms with E-state index in [0.717, 1.165) is 0 Å². The molecule has 0 fully saturated rings. The van der Waals surface area contributed by atoms with Crippen molar-refractivity contribution in [2.24, 2.45) is 0 Å². The Hall–Kier alpha value is -9.25. The standard InChI is InChI=1S/C100H108B2N4/c1-57-71(55-85-89-87(57)77-51-67(99(21,22)23)49-75-73-47-63(95(9,10)11)35-43-81(73)105(91(75)77)101(89)79-53-65(97(15,16)17)37-45-83(79)103(85)69-39-31-61(32-40-69)93(3,4)5)59-27-29-60(30-28-59)72-56-86-90-88(58(72)2)78-52-68(100(24,25)26)50-76-74-48-64(96(12,13)14)36-44-82(74)106(92(76)78)102(90)80-54-66(98(18,19)20)38-46-84(80)104(86)70-41-33-62(34-42-70)94(6,7)8/h27-56H,1-26H3. The van der Waals surface area contributed by atoms with Crippen LogP contribution >= 0.6 is 0 Å². The second kappa shape index (κ2) is 22.7. The van der Waals surface area contributed by atoms with Crippen molar-refractivity contribution in [2.45, 2.75) is 223 Å². The van der Waals surface area contributed by atoms with Crippen LogP contribution in [0.15, 0.2) is 182 Å². The molecule has 6 heterocycles. The van der Waals surface area contributed by atoms with Crippen molar-refractivity contribution in [2.75, 3.05) is 9.80 Å². The van der Waals surface area contributed by atoms with Gasteiger partial charge in [-0.1, -0.05) is 251 Å². The van der Waals surface area contributed by atoms with Gasteiger partial charge >= 0.3 is 13.7 Å². The highest BCUT2D eigenvalue weighted by Gasteiger charge is 2.48. The largest absolute Gasteiger partial charge is 0.375 e. The summed E-state index contributed by atoms with van der Waals surface area (Å²) in [6, 6.07) is 74.0. The number of anilines is 6. The highest BCUT2D eigenvalue weighted by Crippen LogP contribution is 2.54. The Morgan fingerprint density at radius 3 is 0.840 bits per heavy atom. The molecule has 0 saturated heterocycles. The zero-order chi connectivity index (χ0) is 75.5. The molecule has 0 amide bonds. The van der Waals surface area contributed by atoms with Crippen molar-refractivity contribution in [1.82, 2.24) is 8.96 Å². The second-order valence-corrected chi connectivity index (χ2v) is 40.5. The van der Waals surface area contributed by atoms with E-state index >= 15 is 0 Å². The molecule has 534 valence electrons.